The number of hydrogen-bond acceptors (Lipinski definition) is 15. The largest absolute Gasteiger partial charge is 0.390 e. The number of fused-ring (bicyclic) bond motifs is 4. The van der Waals surface area contributed by atoms with E-state index in [4.69, 9.17) is 23.8 Å². The van der Waals surface area contributed by atoms with Crippen molar-refractivity contribution in [2.45, 2.75) is 123 Å². The van der Waals surface area contributed by atoms with E-state index < -0.39 is 14.6 Å². The maximum atomic E-state index is 12.6. The van der Waals surface area contributed by atoms with Crippen LogP contribution in [0, 0.1) is 35.0 Å². The third-order valence-corrected chi connectivity index (χ3v) is 14.2. The zero-order valence-electron chi connectivity index (χ0n) is 37.7. The quantitative estimate of drug-likeness (QED) is 0.0679. The number of aliphatic hydroxyl groups excluding tert-OH is 1. The van der Waals surface area contributed by atoms with Crippen molar-refractivity contribution in [3.05, 3.63) is 33.4 Å². The summed E-state index contributed by atoms with van der Waals surface area (Å²) >= 11 is 0. The van der Waals surface area contributed by atoms with E-state index >= 15 is 0 Å². The lowest BCUT2D eigenvalue weighted by Crippen LogP contribution is -2.36. The summed E-state index contributed by atoms with van der Waals surface area (Å²) < 4.78 is 31.4. The topological polar surface area (TPSA) is 243 Å². The lowest BCUT2D eigenvalue weighted by molar-refractivity contribution is -0.0525. The molecule has 2 saturated carbocycles. The second-order valence-corrected chi connectivity index (χ2v) is 19.3. The predicted octanol–water partition coefficient (Wildman–Crippen LogP) is 4.59. The van der Waals surface area contributed by atoms with Crippen LogP contribution in [0.4, 0.5) is 11.9 Å². The molecule has 8 rings (SSSR count). The summed E-state index contributed by atoms with van der Waals surface area (Å²) in [5, 5.41) is 19.2. The van der Waals surface area contributed by atoms with Crippen molar-refractivity contribution < 1.29 is 23.6 Å². The highest BCUT2D eigenvalue weighted by Crippen LogP contribution is 2.54. The van der Waals surface area contributed by atoms with Crippen LogP contribution in [-0.4, -0.2) is 143 Å². The Labute approximate surface area is 367 Å². The smallest absolute Gasteiger partial charge is 0.280 e. The van der Waals surface area contributed by atoms with E-state index in [-0.39, 0.29) is 82.8 Å². The summed E-state index contributed by atoms with van der Waals surface area (Å²) in [5.41, 5.74) is 0.744. The molecule has 0 spiro atoms. The summed E-state index contributed by atoms with van der Waals surface area (Å²) in [6.45, 7) is 13.2. The molecule has 11 atom stereocenters. The number of aliphatic imine (C=N–C) groups is 2. The normalized spacial score (nSPS) is 28.5. The van der Waals surface area contributed by atoms with Gasteiger partial charge in [-0.25, -0.2) is 24.6 Å². The van der Waals surface area contributed by atoms with E-state index in [9.17, 15) is 14.7 Å². The van der Waals surface area contributed by atoms with Crippen LogP contribution in [0.5, 0.6) is 0 Å². The molecule has 63 heavy (non-hydrogen) atoms. The average Bonchev–Trinajstić information content (AvgIpc) is 4.07. The highest BCUT2D eigenvalue weighted by atomic mass is 31.2. The summed E-state index contributed by atoms with van der Waals surface area (Å²) in [4.78, 5) is 59.5. The Balaban J connectivity index is 0.000000205. The van der Waals surface area contributed by atoms with Crippen LogP contribution in [0.3, 0.4) is 0 Å². The number of aromatic nitrogens is 8. The van der Waals surface area contributed by atoms with Crippen LogP contribution in [0.25, 0.3) is 22.3 Å². The Kier molecular flexibility index (Phi) is 14.4. The van der Waals surface area contributed by atoms with Gasteiger partial charge in [0.05, 0.1) is 68.8 Å². The van der Waals surface area contributed by atoms with Gasteiger partial charge in [0.15, 0.2) is 22.3 Å². The lowest BCUT2D eigenvalue weighted by atomic mass is 9.95. The van der Waals surface area contributed by atoms with Crippen LogP contribution < -0.4 is 11.1 Å². The van der Waals surface area contributed by atoms with Crippen molar-refractivity contribution in [1.29, 1.82) is 5.26 Å². The van der Waals surface area contributed by atoms with E-state index in [1.165, 1.54) is 0 Å². The van der Waals surface area contributed by atoms with Crippen LogP contribution >= 0.6 is 8.53 Å². The highest BCUT2D eigenvalue weighted by Gasteiger charge is 2.52. The number of H-pyrrole nitrogens is 2. The number of nitriles is 1. The van der Waals surface area contributed by atoms with Gasteiger partial charge in [-0.1, -0.05) is 13.8 Å². The number of nitrogens with zero attached hydrogens (tertiary/aromatic N) is 12. The Bertz CT molecular complexity index is 2400. The maximum Gasteiger partial charge on any atom is 0.280 e. The van der Waals surface area contributed by atoms with Gasteiger partial charge in [0, 0.05) is 40.3 Å². The molecule has 21 nitrogen and oxygen atoms in total. The summed E-state index contributed by atoms with van der Waals surface area (Å²) in [5.74, 6) is 1.84. The van der Waals surface area contributed by atoms with Gasteiger partial charge in [-0.15, -0.1) is 0 Å². The van der Waals surface area contributed by atoms with Crippen molar-refractivity contribution in [2.75, 3.05) is 34.8 Å². The fourth-order valence-electron chi connectivity index (χ4n) is 9.21. The first-order valence-corrected chi connectivity index (χ1v) is 22.8. The molecule has 4 aromatic rings. The van der Waals surface area contributed by atoms with E-state index in [1.54, 1.807) is 39.7 Å². The van der Waals surface area contributed by atoms with Crippen molar-refractivity contribution in [3.63, 3.8) is 0 Å². The maximum absolute atomic E-state index is 12.6. The number of ether oxygens (including phenoxy) is 2. The van der Waals surface area contributed by atoms with Crippen molar-refractivity contribution in [1.82, 2.24) is 53.5 Å². The predicted molar refractivity (Wildman–Crippen MR) is 238 cm³/mol. The molecule has 0 aromatic carbocycles. The molecule has 0 bridgehead atoms. The number of imidazole rings is 2. The summed E-state index contributed by atoms with van der Waals surface area (Å²) in [6.07, 6.45) is 8.41. The third-order valence-electron chi connectivity index (χ3n) is 12.0. The monoisotopic (exact) mass is 892 g/mol. The van der Waals surface area contributed by atoms with Gasteiger partial charge in [0.25, 0.3) is 19.6 Å². The number of aromatic amines is 2. The van der Waals surface area contributed by atoms with Gasteiger partial charge in [0.2, 0.25) is 11.9 Å². The Morgan fingerprint density at radius 1 is 0.857 bits per heavy atom. The molecule has 4 aliphatic rings. The first kappa shape index (κ1) is 46.3. The first-order valence-electron chi connectivity index (χ1n) is 21.6. The zero-order chi connectivity index (χ0) is 45.3. The zero-order valence-corrected chi connectivity index (χ0v) is 38.6. The molecular weight excluding hydrogens is 832 g/mol. The number of hydrogen-bond donors (Lipinski definition) is 3. The third kappa shape index (κ3) is 10.0. The minimum absolute atomic E-state index is 0.119. The van der Waals surface area contributed by atoms with Crippen molar-refractivity contribution >= 4 is 55.4 Å². The molecule has 6 heterocycles. The molecule has 4 aromatic heterocycles. The minimum atomic E-state index is -1.37. The fourth-order valence-corrected chi connectivity index (χ4v) is 11.0. The molecule has 2 aliphatic carbocycles. The van der Waals surface area contributed by atoms with Crippen LogP contribution in [-0.2, 0) is 18.5 Å². The molecular formula is C41H61N14O7P. The Hall–Kier alpha value is -4.68. The highest BCUT2D eigenvalue weighted by molar-refractivity contribution is 7.44. The van der Waals surface area contributed by atoms with Gasteiger partial charge in [-0.2, -0.15) is 15.2 Å². The van der Waals surface area contributed by atoms with Gasteiger partial charge in [-0.3, -0.25) is 28.7 Å². The van der Waals surface area contributed by atoms with Crippen LogP contribution in [0.1, 0.15) is 86.1 Å². The fraction of sp³-hybridized carbons (Fsp3) is 0.683. The van der Waals surface area contributed by atoms with Crippen molar-refractivity contribution in [2.24, 2.45) is 33.7 Å². The number of aliphatic hydroxyl groups is 1. The second-order valence-electron chi connectivity index (χ2n) is 17.9. The van der Waals surface area contributed by atoms with E-state index in [2.05, 4.69) is 92.2 Å². The van der Waals surface area contributed by atoms with E-state index in [0.29, 0.717) is 42.1 Å². The molecule has 2 aliphatic heterocycles. The Morgan fingerprint density at radius 2 is 1.35 bits per heavy atom. The Morgan fingerprint density at radius 3 is 1.83 bits per heavy atom. The van der Waals surface area contributed by atoms with Crippen LogP contribution in [0.2, 0.25) is 0 Å². The number of nitrogens with one attached hydrogen (secondary N) is 2. The van der Waals surface area contributed by atoms with Gasteiger partial charge < -0.3 is 33.4 Å². The first-order chi connectivity index (χ1) is 30.0. The standard InChI is InChI=1S/C25H39N8O4P.C16H22N6O3/c1-15(2)33(16(3)4)38(35-10-8-9-26)37-19-11-17(5)18-12-20(36-22(18)19)32-14-27-21-23(32)29-25(30-24(21)34)28-13-31(6)7;1-8-4-10(23)13-9(8)5-11(25-13)22-7-17-12-14(22)19-16(20-15(12)24)18-6-21(2)3/h13-20,22H,8,10-12H2,1-7H3,(H,29,30,34);6-11,13,23H,4-5H2,1-3H3,(H,19,20,24)/t17-,18+,19-,20+,22+,38?;8-,9+,10-,11+,13+/m11/s1. The molecule has 3 N–H and O–H groups in total. The lowest BCUT2D eigenvalue weighted by Gasteiger charge is -2.37. The molecule has 22 heteroatoms. The summed E-state index contributed by atoms with van der Waals surface area (Å²) in [7, 11) is 5.99. The molecule has 0 amide bonds. The van der Waals surface area contributed by atoms with Crippen molar-refractivity contribution in [3.8, 4) is 6.07 Å². The SMILES string of the molecule is CC(C)N(C(C)C)P(OCCC#N)O[C@@H]1C[C@@H](C)[C@@H]2C[C@@H](n3cnc4c(=O)[nH]c(N=CN(C)C)nc43)O[C@@H]21.C[C@@H]1C[C@@H](O)[C@H]2O[C@H](n3cnc4c(=O)[nH]c(N=CN(C)C)nc43)C[C@H]21. The van der Waals surface area contributed by atoms with Gasteiger partial charge in [0.1, 0.15) is 12.5 Å². The molecule has 4 fully saturated rings. The van der Waals surface area contributed by atoms with E-state index in [1.807, 2.05) is 32.8 Å². The minimum Gasteiger partial charge on any atom is -0.390 e. The number of rotatable bonds is 14. The molecule has 0 radical (unpaired) electrons. The van der Waals surface area contributed by atoms with E-state index in [0.717, 1.165) is 25.7 Å². The van der Waals surface area contributed by atoms with Gasteiger partial charge >= 0.3 is 0 Å². The molecule has 342 valence electrons. The average molecular weight is 893 g/mol. The summed E-state index contributed by atoms with van der Waals surface area (Å²) in [6, 6.07) is 2.60. The molecule has 2 saturated heterocycles. The van der Waals surface area contributed by atoms with Crippen LogP contribution in [0.15, 0.2) is 32.2 Å². The molecule has 1 unspecified atom stereocenters. The van der Waals surface area contributed by atoms with Gasteiger partial charge in [-0.05, 0) is 77.0 Å². The second kappa shape index (κ2) is 19.6.